The molecular formula is C14H22N4O. The van der Waals surface area contributed by atoms with Crippen molar-refractivity contribution >= 4 is 11.7 Å². The summed E-state index contributed by atoms with van der Waals surface area (Å²) in [5.41, 5.74) is 0.526. The summed E-state index contributed by atoms with van der Waals surface area (Å²) in [4.78, 5) is 20.8. The molecule has 1 aromatic rings. The van der Waals surface area contributed by atoms with Crippen LogP contribution in [0.4, 0.5) is 5.82 Å². The molecule has 19 heavy (non-hydrogen) atoms. The largest absolute Gasteiger partial charge is 0.370 e. The van der Waals surface area contributed by atoms with Crippen molar-refractivity contribution in [3.05, 3.63) is 23.9 Å². The number of nitrogens with zero attached hydrogens (tertiary/aromatic N) is 3. The zero-order valence-corrected chi connectivity index (χ0v) is 11.9. The van der Waals surface area contributed by atoms with Crippen LogP contribution < -0.4 is 5.32 Å². The van der Waals surface area contributed by atoms with Crippen molar-refractivity contribution < 1.29 is 4.79 Å². The average molecular weight is 262 g/mol. The second-order valence-electron chi connectivity index (χ2n) is 5.10. The summed E-state index contributed by atoms with van der Waals surface area (Å²) in [5.74, 6) is 0.792. The van der Waals surface area contributed by atoms with Crippen molar-refractivity contribution in [3.63, 3.8) is 0 Å². The average Bonchev–Trinajstić information content (AvgIpc) is 2.88. The third-order valence-electron chi connectivity index (χ3n) is 3.51. The van der Waals surface area contributed by atoms with Gasteiger partial charge >= 0.3 is 0 Å². The first kappa shape index (κ1) is 13.8. The molecule has 0 bridgehead atoms. The Bertz CT molecular complexity index is 447. The number of hydrogen-bond acceptors (Lipinski definition) is 4. The monoisotopic (exact) mass is 262 g/mol. The normalized spacial score (nSPS) is 18.9. The molecule has 1 fully saturated rings. The highest BCUT2D eigenvalue weighted by Gasteiger charge is 2.28. The number of amides is 1. The molecular weight excluding hydrogens is 240 g/mol. The van der Waals surface area contributed by atoms with Crippen molar-refractivity contribution in [2.75, 3.05) is 39.0 Å². The molecule has 0 radical (unpaired) electrons. The Morgan fingerprint density at radius 1 is 1.53 bits per heavy atom. The van der Waals surface area contributed by atoms with E-state index in [0.29, 0.717) is 11.7 Å². The molecule has 2 heterocycles. The van der Waals surface area contributed by atoms with Gasteiger partial charge in [0.05, 0.1) is 0 Å². The highest BCUT2D eigenvalue weighted by atomic mass is 16.2. The van der Waals surface area contributed by atoms with Crippen LogP contribution in [0.2, 0.25) is 0 Å². The van der Waals surface area contributed by atoms with E-state index in [0.717, 1.165) is 31.9 Å². The fourth-order valence-corrected chi connectivity index (χ4v) is 2.34. The van der Waals surface area contributed by atoms with E-state index in [1.54, 1.807) is 6.07 Å². The number of pyridine rings is 1. The van der Waals surface area contributed by atoms with Gasteiger partial charge < -0.3 is 15.1 Å². The van der Waals surface area contributed by atoms with E-state index in [-0.39, 0.29) is 5.91 Å². The van der Waals surface area contributed by atoms with Crippen LogP contribution in [0, 0.1) is 0 Å². The zero-order chi connectivity index (χ0) is 13.8. The first-order valence-corrected chi connectivity index (χ1v) is 6.78. The van der Waals surface area contributed by atoms with Crippen LogP contribution in [0.5, 0.6) is 0 Å². The smallest absolute Gasteiger partial charge is 0.272 e. The molecule has 1 aliphatic rings. The van der Waals surface area contributed by atoms with Crippen LogP contribution in [0.15, 0.2) is 18.2 Å². The maximum atomic E-state index is 12.4. The number of carbonyl (C=O) groups excluding carboxylic acids is 1. The van der Waals surface area contributed by atoms with Crippen molar-refractivity contribution in [2.45, 2.75) is 19.4 Å². The standard InChI is InChI=1S/C14H22N4O/c1-4-15-13-7-5-6-12(16-13)14(19)18-9-8-11(10-18)17(2)3/h5-7,11H,4,8-10H2,1-3H3,(H,15,16). The van der Waals surface area contributed by atoms with E-state index in [2.05, 4.69) is 29.3 Å². The van der Waals surface area contributed by atoms with Crippen LogP contribution in [0.3, 0.4) is 0 Å². The van der Waals surface area contributed by atoms with Crippen molar-refractivity contribution in [3.8, 4) is 0 Å². The molecule has 1 amide bonds. The Kier molecular flexibility index (Phi) is 4.37. The molecule has 0 spiro atoms. The number of likely N-dealkylation sites (tertiary alicyclic amines) is 1. The van der Waals surface area contributed by atoms with E-state index in [1.165, 1.54) is 0 Å². The van der Waals surface area contributed by atoms with E-state index in [1.807, 2.05) is 24.0 Å². The van der Waals surface area contributed by atoms with E-state index in [4.69, 9.17) is 0 Å². The molecule has 2 rings (SSSR count). The second kappa shape index (κ2) is 6.02. The summed E-state index contributed by atoms with van der Waals surface area (Å²) in [6, 6.07) is 6.00. The summed E-state index contributed by atoms with van der Waals surface area (Å²) in [5, 5.41) is 3.13. The molecule has 0 aliphatic carbocycles. The molecule has 5 heteroatoms. The number of likely N-dealkylation sites (N-methyl/N-ethyl adjacent to an activating group) is 1. The Labute approximate surface area is 114 Å². The van der Waals surface area contributed by atoms with Crippen LogP contribution in [0.1, 0.15) is 23.8 Å². The summed E-state index contributed by atoms with van der Waals surface area (Å²) >= 11 is 0. The van der Waals surface area contributed by atoms with Gasteiger partial charge in [0.2, 0.25) is 0 Å². The second-order valence-corrected chi connectivity index (χ2v) is 5.10. The zero-order valence-electron chi connectivity index (χ0n) is 11.9. The lowest BCUT2D eigenvalue weighted by atomic mass is 10.2. The lowest BCUT2D eigenvalue weighted by Crippen LogP contribution is -2.34. The van der Waals surface area contributed by atoms with Gasteiger partial charge in [-0.15, -0.1) is 0 Å². The van der Waals surface area contributed by atoms with E-state index in [9.17, 15) is 4.79 Å². The maximum Gasteiger partial charge on any atom is 0.272 e. The quantitative estimate of drug-likeness (QED) is 0.888. The lowest BCUT2D eigenvalue weighted by molar-refractivity contribution is 0.0777. The molecule has 0 saturated carbocycles. The minimum atomic E-state index is 0.0316. The Morgan fingerprint density at radius 2 is 2.32 bits per heavy atom. The number of anilines is 1. The number of aromatic nitrogens is 1. The minimum absolute atomic E-state index is 0.0316. The molecule has 1 aliphatic heterocycles. The molecule has 104 valence electrons. The summed E-state index contributed by atoms with van der Waals surface area (Å²) in [7, 11) is 4.12. The van der Waals surface area contributed by atoms with E-state index >= 15 is 0 Å². The van der Waals surface area contributed by atoms with Gasteiger partial charge in [0, 0.05) is 25.7 Å². The van der Waals surface area contributed by atoms with Gasteiger partial charge in [0.25, 0.3) is 5.91 Å². The number of rotatable bonds is 4. The fourth-order valence-electron chi connectivity index (χ4n) is 2.34. The Hall–Kier alpha value is -1.62. The predicted octanol–water partition coefficient (Wildman–Crippen LogP) is 1.29. The number of carbonyl (C=O) groups is 1. The molecule has 1 aromatic heterocycles. The molecule has 1 N–H and O–H groups in total. The molecule has 0 aromatic carbocycles. The highest BCUT2D eigenvalue weighted by molar-refractivity contribution is 5.92. The third kappa shape index (κ3) is 3.23. The predicted molar refractivity (Wildman–Crippen MR) is 76.4 cm³/mol. The van der Waals surface area contributed by atoms with Gasteiger partial charge in [-0.1, -0.05) is 6.07 Å². The topological polar surface area (TPSA) is 48.5 Å². The molecule has 1 unspecified atom stereocenters. The number of hydrogen-bond donors (Lipinski definition) is 1. The van der Waals surface area contributed by atoms with Gasteiger partial charge in [-0.2, -0.15) is 0 Å². The van der Waals surface area contributed by atoms with Crippen molar-refractivity contribution in [1.29, 1.82) is 0 Å². The fraction of sp³-hybridized carbons (Fsp3) is 0.571. The number of nitrogens with one attached hydrogen (secondary N) is 1. The van der Waals surface area contributed by atoms with Gasteiger partial charge in [-0.3, -0.25) is 4.79 Å². The minimum Gasteiger partial charge on any atom is -0.370 e. The Balaban J connectivity index is 2.06. The SMILES string of the molecule is CCNc1cccc(C(=O)N2CCC(N(C)C)C2)n1. The summed E-state index contributed by atoms with van der Waals surface area (Å²) < 4.78 is 0. The van der Waals surface area contributed by atoms with Gasteiger partial charge in [0.15, 0.2) is 0 Å². The van der Waals surface area contributed by atoms with Crippen LogP contribution in [0.25, 0.3) is 0 Å². The van der Waals surface area contributed by atoms with Gasteiger partial charge in [-0.25, -0.2) is 4.98 Å². The van der Waals surface area contributed by atoms with Crippen LogP contribution >= 0.6 is 0 Å². The highest BCUT2D eigenvalue weighted by Crippen LogP contribution is 2.16. The van der Waals surface area contributed by atoms with Crippen LogP contribution in [-0.4, -0.2) is 60.5 Å². The molecule has 1 atom stereocenters. The van der Waals surface area contributed by atoms with E-state index < -0.39 is 0 Å². The first-order valence-electron chi connectivity index (χ1n) is 6.78. The lowest BCUT2D eigenvalue weighted by Gasteiger charge is -2.20. The molecule has 5 nitrogen and oxygen atoms in total. The van der Waals surface area contributed by atoms with Gasteiger partial charge in [-0.05, 0) is 39.6 Å². The summed E-state index contributed by atoms with van der Waals surface area (Å²) in [6.45, 7) is 4.42. The van der Waals surface area contributed by atoms with Crippen molar-refractivity contribution in [1.82, 2.24) is 14.8 Å². The third-order valence-corrected chi connectivity index (χ3v) is 3.51. The molecule has 1 saturated heterocycles. The van der Waals surface area contributed by atoms with Gasteiger partial charge in [0.1, 0.15) is 11.5 Å². The van der Waals surface area contributed by atoms with Crippen molar-refractivity contribution in [2.24, 2.45) is 0 Å². The summed E-state index contributed by atoms with van der Waals surface area (Å²) in [6.07, 6.45) is 1.03. The maximum absolute atomic E-state index is 12.4. The van der Waals surface area contributed by atoms with Crippen LogP contribution in [-0.2, 0) is 0 Å². The Morgan fingerprint density at radius 3 is 2.95 bits per heavy atom. The first-order chi connectivity index (χ1) is 9.11.